The SMILES string of the molecule is C=C(C)C(NCCC)C1(OC)CCCC1. The lowest BCUT2D eigenvalue weighted by Crippen LogP contribution is -2.51. The summed E-state index contributed by atoms with van der Waals surface area (Å²) in [5.74, 6) is 0. The lowest BCUT2D eigenvalue weighted by molar-refractivity contribution is -0.0257. The van der Waals surface area contributed by atoms with E-state index in [9.17, 15) is 0 Å². The molecule has 0 heterocycles. The van der Waals surface area contributed by atoms with Crippen LogP contribution < -0.4 is 5.32 Å². The molecular formula is C13H25NO. The Balaban J connectivity index is 2.71. The van der Waals surface area contributed by atoms with Crippen molar-refractivity contribution in [3.8, 4) is 0 Å². The third-order valence-corrected chi connectivity index (χ3v) is 3.47. The van der Waals surface area contributed by atoms with Crippen molar-refractivity contribution >= 4 is 0 Å². The van der Waals surface area contributed by atoms with Crippen LogP contribution in [0.25, 0.3) is 0 Å². The van der Waals surface area contributed by atoms with Gasteiger partial charge in [-0.2, -0.15) is 0 Å². The van der Waals surface area contributed by atoms with E-state index in [0.717, 1.165) is 25.8 Å². The molecule has 0 aliphatic heterocycles. The minimum absolute atomic E-state index is 0.0149. The summed E-state index contributed by atoms with van der Waals surface area (Å²) >= 11 is 0. The highest BCUT2D eigenvalue weighted by molar-refractivity contribution is 5.13. The van der Waals surface area contributed by atoms with Crippen molar-refractivity contribution in [1.82, 2.24) is 5.32 Å². The van der Waals surface area contributed by atoms with E-state index in [-0.39, 0.29) is 5.60 Å². The van der Waals surface area contributed by atoms with E-state index in [0.29, 0.717) is 6.04 Å². The molecule has 1 atom stereocenters. The third kappa shape index (κ3) is 2.82. The highest BCUT2D eigenvalue weighted by atomic mass is 16.5. The van der Waals surface area contributed by atoms with Crippen molar-refractivity contribution < 1.29 is 4.74 Å². The van der Waals surface area contributed by atoms with Gasteiger partial charge in [0.25, 0.3) is 0 Å². The molecule has 1 saturated carbocycles. The molecule has 0 saturated heterocycles. The van der Waals surface area contributed by atoms with Crippen LogP contribution in [0.2, 0.25) is 0 Å². The quantitative estimate of drug-likeness (QED) is 0.682. The average molecular weight is 211 g/mol. The zero-order valence-corrected chi connectivity index (χ0v) is 10.4. The zero-order chi connectivity index (χ0) is 11.3. The highest BCUT2D eigenvalue weighted by Gasteiger charge is 2.41. The van der Waals surface area contributed by atoms with Gasteiger partial charge in [-0.1, -0.05) is 31.9 Å². The molecule has 2 heteroatoms. The van der Waals surface area contributed by atoms with Gasteiger partial charge >= 0.3 is 0 Å². The van der Waals surface area contributed by atoms with Crippen molar-refractivity contribution in [3.63, 3.8) is 0 Å². The molecule has 15 heavy (non-hydrogen) atoms. The van der Waals surface area contributed by atoms with Crippen LogP contribution in [-0.2, 0) is 4.74 Å². The lowest BCUT2D eigenvalue weighted by atomic mass is 9.87. The maximum atomic E-state index is 5.80. The van der Waals surface area contributed by atoms with Crippen molar-refractivity contribution in [3.05, 3.63) is 12.2 Å². The lowest BCUT2D eigenvalue weighted by Gasteiger charge is -2.37. The van der Waals surface area contributed by atoms with Gasteiger partial charge in [-0.15, -0.1) is 0 Å². The summed E-state index contributed by atoms with van der Waals surface area (Å²) < 4.78 is 5.80. The number of hydrogen-bond acceptors (Lipinski definition) is 2. The van der Waals surface area contributed by atoms with Gasteiger partial charge in [-0.05, 0) is 32.7 Å². The molecule has 0 radical (unpaired) electrons. The van der Waals surface area contributed by atoms with Crippen LogP contribution in [0.4, 0.5) is 0 Å². The molecule has 0 aromatic rings. The molecule has 2 nitrogen and oxygen atoms in total. The van der Waals surface area contributed by atoms with Crippen molar-refractivity contribution in [2.75, 3.05) is 13.7 Å². The largest absolute Gasteiger partial charge is 0.376 e. The first-order valence-corrected chi connectivity index (χ1v) is 6.10. The maximum Gasteiger partial charge on any atom is 0.0869 e. The first kappa shape index (κ1) is 12.7. The Bertz CT molecular complexity index is 207. The Morgan fingerprint density at radius 1 is 1.47 bits per heavy atom. The first-order chi connectivity index (χ1) is 7.16. The number of rotatable bonds is 6. The van der Waals surface area contributed by atoms with Crippen LogP contribution in [0.3, 0.4) is 0 Å². The summed E-state index contributed by atoms with van der Waals surface area (Å²) in [4.78, 5) is 0. The van der Waals surface area contributed by atoms with E-state index in [1.54, 1.807) is 0 Å². The van der Waals surface area contributed by atoms with Crippen LogP contribution in [0.15, 0.2) is 12.2 Å². The van der Waals surface area contributed by atoms with Gasteiger partial charge in [0.2, 0.25) is 0 Å². The van der Waals surface area contributed by atoms with Crippen molar-refractivity contribution in [2.45, 2.75) is 57.6 Å². The minimum atomic E-state index is 0.0149. The van der Waals surface area contributed by atoms with E-state index in [2.05, 4.69) is 25.7 Å². The van der Waals surface area contributed by atoms with Gasteiger partial charge < -0.3 is 10.1 Å². The average Bonchev–Trinajstić information content (AvgIpc) is 2.68. The van der Waals surface area contributed by atoms with Crippen LogP contribution >= 0.6 is 0 Å². The number of ether oxygens (including phenoxy) is 1. The smallest absolute Gasteiger partial charge is 0.0869 e. The summed E-state index contributed by atoms with van der Waals surface area (Å²) in [5.41, 5.74) is 1.22. The van der Waals surface area contributed by atoms with E-state index >= 15 is 0 Å². The van der Waals surface area contributed by atoms with Crippen LogP contribution in [-0.4, -0.2) is 25.3 Å². The predicted molar refractivity (Wildman–Crippen MR) is 65.1 cm³/mol. The molecule has 0 aromatic heterocycles. The molecule has 0 spiro atoms. The standard InChI is InChI=1S/C13H25NO/c1-5-10-14-12(11(2)3)13(15-4)8-6-7-9-13/h12,14H,2,5-10H2,1,3-4H3. The second-order valence-corrected chi connectivity index (χ2v) is 4.71. The van der Waals surface area contributed by atoms with E-state index < -0.39 is 0 Å². The molecule has 1 aliphatic rings. The van der Waals surface area contributed by atoms with E-state index in [1.165, 1.54) is 18.4 Å². The number of methoxy groups -OCH3 is 1. The molecule has 1 rings (SSSR count). The Morgan fingerprint density at radius 3 is 2.47 bits per heavy atom. The summed E-state index contributed by atoms with van der Waals surface area (Å²) in [6.07, 6.45) is 6.05. The minimum Gasteiger partial charge on any atom is -0.376 e. The summed E-state index contributed by atoms with van der Waals surface area (Å²) in [7, 11) is 1.84. The molecule has 1 N–H and O–H groups in total. The molecule has 0 aromatic carbocycles. The Morgan fingerprint density at radius 2 is 2.07 bits per heavy atom. The Kier molecular flexibility index (Phi) is 4.81. The van der Waals surface area contributed by atoms with Gasteiger partial charge in [-0.25, -0.2) is 0 Å². The highest BCUT2D eigenvalue weighted by Crippen LogP contribution is 2.37. The number of nitrogens with one attached hydrogen (secondary N) is 1. The molecule has 1 fully saturated rings. The summed E-state index contributed by atoms with van der Waals surface area (Å²) in [5, 5.41) is 3.58. The molecule has 0 amide bonds. The fourth-order valence-corrected chi connectivity index (χ4v) is 2.68. The van der Waals surface area contributed by atoms with Crippen molar-refractivity contribution in [2.24, 2.45) is 0 Å². The van der Waals surface area contributed by atoms with Gasteiger partial charge in [0.05, 0.1) is 11.6 Å². The van der Waals surface area contributed by atoms with Gasteiger partial charge in [0.1, 0.15) is 0 Å². The second kappa shape index (κ2) is 5.66. The predicted octanol–water partition coefficient (Wildman–Crippen LogP) is 2.89. The second-order valence-electron chi connectivity index (χ2n) is 4.71. The monoisotopic (exact) mass is 211 g/mol. The number of hydrogen-bond donors (Lipinski definition) is 1. The van der Waals surface area contributed by atoms with Crippen LogP contribution in [0.5, 0.6) is 0 Å². The molecular weight excluding hydrogens is 186 g/mol. The van der Waals surface area contributed by atoms with Gasteiger partial charge in [-0.3, -0.25) is 0 Å². The Labute approximate surface area is 94.1 Å². The summed E-state index contributed by atoms with van der Waals surface area (Å²) in [6, 6.07) is 0.324. The van der Waals surface area contributed by atoms with Crippen LogP contribution in [0.1, 0.15) is 46.0 Å². The molecule has 1 aliphatic carbocycles. The first-order valence-electron chi connectivity index (χ1n) is 6.10. The molecule has 88 valence electrons. The van der Waals surface area contributed by atoms with Crippen LogP contribution in [0, 0.1) is 0 Å². The zero-order valence-electron chi connectivity index (χ0n) is 10.4. The van der Waals surface area contributed by atoms with E-state index in [4.69, 9.17) is 4.74 Å². The fourth-order valence-electron chi connectivity index (χ4n) is 2.68. The summed E-state index contributed by atoms with van der Waals surface area (Å²) in [6.45, 7) is 9.44. The van der Waals surface area contributed by atoms with Gasteiger partial charge in [0.15, 0.2) is 0 Å². The van der Waals surface area contributed by atoms with E-state index in [1.807, 2.05) is 7.11 Å². The maximum absolute atomic E-state index is 5.80. The van der Waals surface area contributed by atoms with Gasteiger partial charge in [0, 0.05) is 7.11 Å². The fraction of sp³-hybridized carbons (Fsp3) is 0.846. The topological polar surface area (TPSA) is 21.3 Å². The molecule has 0 bridgehead atoms. The molecule has 1 unspecified atom stereocenters. The van der Waals surface area contributed by atoms with Crippen molar-refractivity contribution in [1.29, 1.82) is 0 Å². The third-order valence-electron chi connectivity index (χ3n) is 3.47. The Hall–Kier alpha value is -0.340. The normalized spacial score (nSPS) is 21.5.